The van der Waals surface area contributed by atoms with Crippen molar-refractivity contribution < 1.29 is 14.6 Å². The molecule has 1 aliphatic rings. The molecule has 1 saturated heterocycles. The number of aromatic nitrogens is 1. The number of hydrogen-bond donors (Lipinski definition) is 1. The summed E-state index contributed by atoms with van der Waals surface area (Å²) in [7, 11) is 0. The molecule has 0 spiro atoms. The van der Waals surface area contributed by atoms with Crippen LogP contribution in [0.4, 0.5) is 0 Å². The lowest BCUT2D eigenvalue weighted by Gasteiger charge is -2.26. The number of ether oxygens (including phenoxy) is 2. The Labute approximate surface area is 178 Å². The third-order valence-electron chi connectivity index (χ3n) is 5.49. The van der Waals surface area contributed by atoms with E-state index in [0.717, 1.165) is 59.7 Å². The third kappa shape index (κ3) is 5.03. The van der Waals surface area contributed by atoms with Gasteiger partial charge in [0.25, 0.3) is 0 Å². The highest BCUT2D eigenvalue weighted by Crippen LogP contribution is 2.32. The first-order valence-corrected chi connectivity index (χ1v) is 10.9. The quantitative estimate of drug-likeness (QED) is 0.553. The smallest absolute Gasteiger partial charge is 0.131 e. The minimum atomic E-state index is 0.218. The molecule has 0 atom stereocenters. The maximum atomic E-state index is 9.97. The molecule has 0 radical (unpaired) electrons. The van der Waals surface area contributed by atoms with Gasteiger partial charge in [0.15, 0.2) is 0 Å². The molecule has 2 aromatic carbocycles. The van der Waals surface area contributed by atoms with E-state index in [-0.39, 0.29) is 5.75 Å². The summed E-state index contributed by atoms with van der Waals surface area (Å²) in [5.41, 5.74) is 2.67. The highest BCUT2D eigenvalue weighted by atomic mass is 16.5. The van der Waals surface area contributed by atoms with Crippen molar-refractivity contribution >= 4 is 10.9 Å². The second-order valence-corrected chi connectivity index (χ2v) is 7.83. The first-order chi connectivity index (χ1) is 14.7. The Hall–Kier alpha value is -2.79. The van der Waals surface area contributed by atoms with Gasteiger partial charge in [-0.1, -0.05) is 13.3 Å². The highest BCUT2D eigenvalue weighted by molar-refractivity contribution is 5.89. The van der Waals surface area contributed by atoms with Gasteiger partial charge in [-0.15, -0.1) is 0 Å². The first kappa shape index (κ1) is 20.5. The van der Waals surface area contributed by atoms with Gasteiger partial charge in [-0.2, -0.15) is 0 Å². The lowest BCUT2D eigenvalue weighted by Crippen LogP contribution is -2.33. The lowest BCUT2D eigenvalue weighted by atomic mass is 10.1. The van der Waals surface area contributed by atoms with Crippen molar-refractivity contribution in [3.63, 3.8) is 0 Å². The molecule has 158 valence electrons. The molecule has 5 nitrogen and oxygen atoms in total. The molecule has 1 aromatic heterocycles. The maximum absolute atomic E-state index is 9.97. The maximum Gasteiger partial charge on any atom is 0.131 e. The fourth-order valence-corrected chi connectivity index (χ4v) is 3.86. The van der Waals surface area contributed by atoms with E-state index in [4.69, 9.17) is 14.5 Å². The summed E-state index contributed by atoms with van der Waals surface area (Å²) >= 11 is 0. The third-order valence-corrected chi connectivity index (χ3v) is 5.49. The van der Waals surface area contributed by atoms with E-state index in [1.54, 1.807) is 12.1 Å². The molecule has 2 heterocycles. The number of aromatic hydroxyl groups is 1. The van der Waals surface area contributed by atoms with Crippen LogP contribution in [0.1, 0.15) is 32.6 Å². The van der Waals surface area contributed by atoms with Crippen molar-refractivity contribution in [2.45, 2.75) is 32.6 Å². The number of nitrogens with zero attached hydrogens (tertiary/aromatic N) is 2. The molecule has 0 bridgehead atoms. The molecule has 4 rings (SSSR count). The molecular formula is C25H30N2O3. The lowest BCUT2D eigenvalue weighted by molar-refractivity contribution is 0.184. The van der Waals surface area contributed by atoms with Crippen molar-refractivity contribution in [2.24, 2.45) is 0 Å². The standard InChI is InChI=1S/C25H30N2O3/c1-2-15-29-21-9-6-19(7-10-21)24-18-25(22-17-20(28)8-11-23(22)26-24)30-16-14-27-12-4-3-5-13-27/h6-11,17-18,28H,2-5,12-16H2,1H3. The Bertz CT molecular complexity index is 966. The van der Waals surface area contributed by atoms with Crippen LogP contribution in [0.25, 0.3) is 22.2 Å². The fourth-order valence-electron chi connectivity index (χ4n) is 3.86. The number of benzene rings is 2. The average molecular weight is 407 g/mol. The van der Waals surface area contributed by atoms with Gasteiger partial charge >= 0.3 is 0 Å². The Morgan fingerprint density at radius 1 is 0.933 bits per heavy atom. The Kier molecular flexibility index (Phi) is 6.70. The minimum Gasteiger partial charge on any atom is -0.508 e. The van der Waals surface area contributed by atoms with E-state index >= 15 is 0 Å². The zero-order chi connectivity index (χ0) is 20.8. The molecule has 1 fully saturated rings. The van der Waals surface area contributed by atoms with Gasteiger partial charge in [0.2, 0.25) is 0 Å². The fraction of sp³-hybridized carbons (Fsp3) is 0.400. The van der Waals surface area contributed by atoms with Gasteiger partial charge in [-0.05, 0) is 74.8 Å². The predicted molar refractivity (Wildman–Crippen MR) is 120 cm³/mol. The molecule has 1 N–H and O–H groups in total. The van der Waals surface area contributed by atoms with Crippen molar-refractivity contribution in [3.8, 4) is 28.5 Å². The molecule has 30 heavy (non-hydrogen) atoms. The summed E-state index contributed by atoms with van der Waals surface area (Å²) in [5.74, 6) is 1.84. The summed E-state index contributed by atoms with van der Waals surface area (Å²) in [6.07, 6.45) is 4.86. The summed E-state index contributed by atoms with van der Waals surface area (Å²) in [6, 6.07) is 15.2. The van der Waals surface area contributed by atoms with E-state index in [1.807, 2.05) is 36.4 Å². The van der Waals surface area contributed by atoms with Crippen molar-refractivity contribution in [1.29, 1.82) is 0 Å². The summed E-state index contributed by atoms with van der Waals surface area (Å²) in [5, 5.41) is 10.8. The van der Waals surface area contributed by atoms with Gasteiger partial charge < -0.3 is 14.6 Å². The van der Waals surface area contributed by atoms with Crippen LogP contribution >= 0.6 is 0 Å². The van der Waals surface area contributed by atoms with Crippen LogP contribution in [0, 0.1) is 0 Å². The largest absolute Gasteiger partial charge is 0.508 e. The number of likely N-dealkylation sites (tertiary alicyclic amines) is 1. The molecule has 0 saturated carbocycles. The number of hydrogen-bond acceptors (Lipinski definition) is 5. The monoisotopic (exact) mass is 406 g/mol. The van der Waals surface area contributed by atoms with Gasteiger partial charge in [-0.25, -0.2) is 4.98 Å². The summed E-state index contributed by atoms with van der Waals surface area (Å²) in [6.45, 7) is 6.65. The molecule has 0 aliphatic carbocycles. The van der Waals surface area contributed by atoms with Gasteiger partial charge in [-0.3, -0.25) is 4.90 Å². The SMILES string of the molecule is CCCOc1ccc(-c2cc(OCCN3CCCCC3)c3cc(O)ccc3n2)cc1. The van der Waals surface area contributed by atoms with E-state index in [2.05, 4.69) is 11.8 Å². The van der Waals surface area contributed by atoms with Crippen LogP contribution in [-0.4, -0.2) is 47.8 Å². The summed E-state index contributed by atoms with van der Waals surface area (Å²) < 4.78 is 11.9. The molecule has 0 unspecified atom stereocenters. The minimum absolute atomic E-state index is 0.218. The van der Waals surface area contributed by atoms with Crippen molar-refractivity contribution in [2.75, 3.05) is 32.8 Å². The van der Waals surface area contributed by atoms with E-state index in [9.17, 15) is 5.11 Å². The number of piperidine rings is 1. The molecule has 0 amide bonds. The van der Waals surface area contributed by atoms with Gasteiger partial charge in [0.1, 0.15) is 23.9 Å². The van der Waals surface area contributed by atoms with Crippen molar-refractivity contribution in [1.82, 2.24) is 9.88 Å². The normalized spacial score (nSPS) is 14.7. The number of phenolic OH excluding ortho intramolecular Hbond substituents is 1. The zero-order valence-corrected chi connectivity index (χ0v) is 17.6. The van der Waals surface area contributed by atoms with Crippen LogP contribution in [0.15, 0.2) is 48.5 Å². The van der Waals surface area contributed by atoms with Crippen LogP contribution in [0.2, 0.25) is 0 Å². The summed E-state index contributed by atoms with van der Waals surface area (Å²) in [4.78, 5) is 7.25. The molecule has 1 aliphatic heterocycles. The number of rotatable bonds is 8. The van der Waals surface area contributed by atoms with Gasteiger partial charge in [0.05, 0.1) is 17.8 Å². The highest BCUT2D eigenvalue weighted by Gasteiger charge is 2.13. The molecule has 3 aromatic rings. The van der Waals surface area contributed by atoms with Gasteiger partial charge in [0, 0.05) is 23.6 Å². The van der Waals surface area contributed by atoms with Crippen LogP contribution < -0.4 is 9.47 Å². The van der Waals surface area contributed by atoms with Crippen LogP contribution in [0.5, 0.6) is 17.2 Å². The van der Waals surface area contributed by atoms with E-state index in [1.165, 1.54) is 19.3 Å². The van der Waals surface area contributed by atoms with Crippen LogP contribution in [0.3, 0.4) is 0 Å². The topological polar surface area (TPSA) is 54.8 Å². The second-order valence-electron chi connectivity index (χ2n) is 7.83. The second kappa shape index (κ2) is 9.81. The Morgan fingerprint density at radius 2 is 1.73 bits per heavy atom. The predicted octanol–water partition coefficient (Wildman–Crippen LogP) is 5.26. The molecule has 5 heteroatoms. The number of fused-ring (bicyclic) bond motifs is 1. The number of pyridine rings is 1. The van der Waals surface area contributed by atoms with Crippen molar-refractivity contribution in [3.05, 3.63) is 48.5 Å². The average Bonchev–Trinajstić information content (AvgIpc) is 2.79. The molecular weight excluding hydrogens is 376 g/mol. The Balaban J connectivity index is 1.57. The Morgan fingerprint density at radius 3 is 2.50 bits per heavy atom. The van der Waals surface area contributed by atoms with Crippen LogP contribution in [-0.2, 0) is 0 Å². The van der Waals surface area contributed by atoms with E-state index < -0.39 is 0 Å². The first-order valence-electron chi connectivity index (χ1n) is 10.9. The van der Waals surface area contributed by atoms with E-state index in [0.29, 0.717) is 13.2 Å². The number of phenols is 1. The zero-order valence-electron chi connectivity index (χ0n) is 17.6.